The standard InChI is InChI=1S/C29H31N3O4S/c1-17(2)21-12-9-13-22(18(3)4)25(21)31-23(33)14-32-16-30-27-24(28(32)34)19(5)26(37-27)29(35)36-15-20-10-7-6-8-11-20/h6-13,16-18H,14-15H2,1-5H3,(H,31,33). The second kappa shape index (κ2) is 11.1. The molecular formula is C29H31N3O4S. The smallest absolute Gasteiger partial charge is 0.349 e. The highest BCUT2D eigenvalue weighted by Crippen LogP contribution is 2.32. The quantitative estimate of drug-likeness (QED) is 0.289. The number of nitrogens with zero attached hydrogens (tertiary/aromatic N) is 2. The predicted molar refractivity (Wildman–Crippen MR) is 147 cm³/mol. The van der Waals surface area contributed by atoms with Gasteiger partial charge in [0, 0.05) is 5.69 Å². The van der Waals surface area contributed by atoms with Crippen LogP contribution in [0.5, 0.6) is 0 Å². The van der Waals surface area contributed by atoms with E-state index in [4.69, 9.17) is 4.74 Å². The number of anilines is 1. The normalized spacial score (nSPS) is 11.3. The predicted octanol–water partition coefficient (Wildman–Crippen LogP) is 6.01. The molecule has 0 spiro atoms. The first-order valence-corrected chi connectivity index (χ1v) is 13.1. The van der Waals surface area contributed by atoms with Crippen LogP contribution < -0.4 is 10.9 Å². The van der Waals surface area contributed by atoms with Gasteiger partial charge in [0.2, 0.25) is 5.91 Å². The minimum atomic E-state index is -0.500. The monoisotopic (exact) mass is 517 g/mol. The molecule has 0 unspecified atom stereocenters. The molecule has 0 aliphatic carbocycles. The average molecular weight is 518 g/mol. The average Bonchev–Trinajstić information content (AvgIpc) is 3.21. The number of esters is 1. The summed E-state index contributed by atoms with van der Waals surface area (Å²) < 4.78 is 6.74. The van der Waals surface area contributed by atoms with Crippen molar-refractivity contribution in [2.45, 2.75) is 59.6 Å². The molecule has 0 saturated carbocycles. The Labute approximate surface area is 220 Å². The van der Waals surface area contributed by atoms with Gasteiger partial charge in [-0.25, -0.2) is 9.78 Å². The maximum Gasteiger partial charge on any atom is 0.349 e. The van der Waals surface area contributed by atoms with Crippen molar-refractivity contribution < 1.29 is 14.3 Å². The van der Waals surface area contributed by atoms with Crippen LogP contribution >= 0.6 is 11.3 Å². The molecule has 0 fully saturated rings. The van der Waals surface area contributed by atoms with Crippen LogP contribution in [0.25, 0.3) is 10.2 Å². The largest absolute Gasteiger partial charge is 0.457 e. The number of rotatable bonds is 8. The van der Waals surface area contributed by atoms with Crippen molar-refractivity contribution in [3.8, 4) is 0 Å². The molecule has 0 saturated heterocycles. The summed E-state index contributed by atoms with van der Waals surface area (Å²) in [5, 5.41) is 3.37. The van der Waals surface area contributed by atoms with Gasteiger partial charge in [0.25, 0.3) is 5.56 Å². The van der Waals surface area contributed by atoms with Crippen LogP contribution in [0.3, 0.4) is 0 Å². The Morgan fingerprint density at radius 1 is 1.00 bits per heavy atom. The number of carbonyl (C=O) groups excluding carboxylic acids is 2. The molecule has 7 nitrogen and oxygen atoms in total. The van der Waals surface area contributed by atoms with Crippen molar-refractivity contribution in [1.29, 1.82) is 0 Å². The Hall–Kier alpha value is -3.78. The van der Waals surface area contributed by atoms with Gasteiger partial charge in [0.15, 0.2) is 0 Å². The molecule has 2 aromatic carbocycles. The summed E-state index contributed by atoms with van der Waals surface area (Å²) in [6.45, 7) is 9.99. The van der Waals surface area contributed by atoms with Crippen LogP contribution in [0.1, 0.15) is 71.5 Å². The van der Waals surface area contributed by atoms with Crippen LogP contribution in [0, 0.1) is 6.92 Å². The van der Waals surface area contributed by atoms with E-state index in [1.165, 1.54) is 10.9 Å². The number of nitrogens with one attached hydrogen (secondary N) is 1. The third-order valence-electron chi connectivity index (χ3n) is 6.27. The molecule has 1 amide bonds. The summed E-state index contributed by atoms with van der Waals surface area (Å²) in [7, 11) is 0. The molecule has 0 radical (unpaired) electrons. The highest BCUT2D eigenvalue weighted by molar-refractivity contribution is 7.20. The molecule has 8 heteroatoms. The number of thiophene rings is 1. The zero-order valence-electron chi connectivity index (χ0n) is 21.7. The minimum Gasteiger partial charge on any atom is -0.457 e. The van der Waals surface area contributed by atoms with E-state index in [0.717, 1.165) is 33.7 Å². The fourth-order valence-electron chi connectivity index (χ4n) is 4.28. The fourth-order valence-corrected chi connectivity index (χ4v) is 5.32. The van der Waals surface area contributed by atoms with Gasteiger partial charge in [-0.05, 0) is 41.0 Å². The van der Waals surface area contributed by atoms with Crippen molar-refractivity contribution in [2.75, 3.05) is 5.32 Å². The van der Waals surface area contributed by atoms with Gasteiger partial charge in [-0.1, -0.05) is 76.2 Å². The molecule has 4 aromatic rings. The lowest BCUT2D eigenvalue weighted by atomic mass is 9.92. The van der Waals surface area contributed by atoms with Gasteiger partial charge in [-0.3, -0.25) is 14.2 Å². The third kappa shape index (κ3) is 5.64. The van der Waals surface area contributed by atoms with E-state index in [2.05, 4.69) is 38.0 Å². The van der Waals surface area contributed by atoms with Crippen LogP contribution in [-0.4, -0.2) is 21.4 Å². The first kappa shape index (κ1) is 26.3. The Morgan fingerprint density at radius 2 is 1.65 bits per heavy atom. The number of amides is 1. The van der Waals surface area contributed by atoms with Crippen LogP contribution in [0.15, 0.2) is 59.7 Å². The zero-order chi connectivity index (χ0) is 26.7. The first-order valence-electron chi connectivity index (χ1n) is 12.3. The Balaban J connectivity index is 1.57. The molecule has 192 valence electrons. The first-order chi connectivity index (χ1) is 17.7. The Morgan fingerprint density at radius 3 is 2.27 bits per heavy atom. The van der Waals surface area contributed by atoms with Crippen LogP contribution in [0.4, 0.5) is 5.69 Å². The Bertz CT molecular complexity index is 1480. The van der Waals surface area contributed by atoms with E-state index < -0.39 is 5.97 Å². The SMILES string of the molecule is Cc1c(C(=O)OCc2ccccc2)sc2ncn(CC(=O)Nc3c(C(C)C)cccc3C(C)C)c(=O)c12. The van der Waals surface area contributed by atoms with E-state index in [1.807, 2.05) is 48.5 Å². The van der Waals surface area contributed by atoms with Gasteiger partial charge in [0.05, 0.1) is 11.7 Å². The molecule has 1 N–H and O–H groups in total. The number of aryl methyl sites for hydroxylation is 1. The molecule has 37 heavy (non-hydrogen) atoms. The van der Waals surface area contributed by atoms with Crippen molar-refractivity contribution in [3.05, 3.63) is 92.3 Å². The highest BCUT2D eigenvalue weighted by atomic mass is 32.1. The summed E-state index contributed by atoms with van der Waals surface area (Å²) in [5.41, 5.74) is 3.92. The van der Waals surface area contributed by atoms with Crippen LogP contribution in [-0.2, 0) is 22.7 Å². The van der Waals surface area contributed by atoms with Gasteiger partial charge >= 0.3 is 5.97 Å². The number of benzene rings is 2. The van der Waals surface area contributed by atoms with Gasteiger partial charge in [-0.15, -0.1) is 11.3 Å². The Kier molecular flexibility index (Phi) is 7.88. The molecule has 0 atom stereocenters. The summed E-state index contributed by atoms with van der Waals surface area (Å²) in [6, 6.07) is 15.4. The minimum absolute atomic E-state index is 0.140. The van der Waals surface area contributed by atoms with E-state index in [-0.39, 0.29) is 36.5 Å². The number of hydrogen-bond acceptors (Lipinski definition) is 6. The summed E-state index contributed by atoms with van der Waals surface area (Å²) >= 11 is 1.12. The second-order valence-corrected chi connectivity index (χ2v) is 10.6. The number of fused-ring (bicyclic) bond motifs is 1. The van der Waals surface area contributed by atoms with Crippen LogP contribution in [0.2, 0.25) is 0 Å². The van der Waals surface area contributed by atoms with E-state index >= 15 is 0 Å². The number of hydrogen-bond donors (Lipinski definition) is 1. The number of ether oxygens (including phenoxy) is 1. The number of aromatic nitrogens is 2. The van der Waals surface area contributed by atoms with Gasteiger partial charge in [-0.2, -0.15) is 0 Å². The maximum absolute atomic E-state index is 13.3. The van der Waals surface area contributed by atoms with Crippen molar-refractivity contribution in [1.82, 2.24) is 9.55 Å². The van der Waals surface area contributed by atoms with E-state index in [1.54, 1.807) is 6.92 Å². The molecule has 4 rings (SSSR count). The molecule has 0 bridgehead atoms. The van der Waals surface area contributed by atoms with E-state index in [0.29, 0.717) is 20.7 Å². The molecular weight excluding hydrogens is 486 g/mol. The summed E-state index contributed by atoms with van der Waals surface area (Å²) in [6.07, 6.45) is 1.36. The molecule has 2 aromatic heterocycles. The van der Waals surface area contributed by atoms with Gasteiger partial charge < -0.3 is 10.1 Å². The zero-order valence-corrected chi connectivity index (χ0v) is 22.5. The third-order valence-corrected chi connectivity index (χ3v) is 7.45. The van der Waals surface area contributed by atoms with Crippen molar-refractivity contribution >= 4 is 39.1 Å². The fraction of sp³-hybridized carbons (Fsp3) is 0.310. The lowest BCUT2D eigenvalue weighted by Gasteiger charge is -2.20. The molecule has 0 aliphatic rings. The summed E-state index contributed by atoms with van der Waals surface area (Å²) in [5.74, 6) is -0.361. The maximum atomic E-state index is 13.3. The number of para-hydroxylation sites is 1. The van der Waals surface area contributed by atoms with Crippen molar-refractivity contribution in [3.63, 3.8) is 0 Å². The second-order valence-electron chi connectivity index (χ2n) is 9.64. The summed E-state index contributed by atoms with van der Waals surface area (Å²) in [4.78, 5) is 44.3. The topological polar surface area (TPSA) is 90.3 Å². The number of carbonyl (C=O) groups is 2. The molecule has 2 heterocycles. The lowest BCUT2D eigenvalue weighted by molar-refractivity contribution is -0.116. The highest BCUT2D eigenvalue weighted by Gasteiger charge is 2.22. The molecule has 0 aliphatic heterocycles. The van der Waals surface area contributed by atoms with Crippen molar-refractivity contribution in [2.24, 2.45) is 0 Å². The van der Waals surface area contributed by atoms with Gasteiger partial charge in [0.1, 0.15) is 22.9 Å². The van der Waals surface area contributed by atoms with E-state index in [9.17, 15) is 14.4 Å². The lowest BCUT2D eigenvalue weighted by Crippen LogP contribution is -2.28.